The van der Waals surface area contributed by atoms with Crippen LogP contribution in [0, 0.1) is 0 Å². The van der Waals surface area contributed by atoms with Crippen molar-refractivity contribution in [1.29, 1.82) is 0 Å². The van der Waals surface area contributed by atoms with Gasteiger partial charge in [-0.1, -0.05) is 12.2 Å². The lowest BCUT2D eigenvalue weighted by atomic mass is 10.2. The Balaban J connectivity index is 2.96. The number of hydrogen-bond donors (Lipinski definition) is 1. The fourth-order valence-electron chi connectivity index (χ4n) is 1.39. The predicted octanol–water partition coefficient (Wildman–Crippen LogP) is 2.57. The molecule has 0 saturated heterocycles. The zero-order valence-corrected chi connectivity index (χ0v) is 11.4. The largest absolute Gasteiger partial charge is 0.380 e. The molecule has 0 fully saturated rings. The number of aromatic nitrogens is 2. The van der Waals surface area contributed by atoms with Gasteiger partial charge >= 0.3 is 0 Å². The van der Waals surface area contributed by atoms with Crippen LogP contribution in [0.1, 0.15) is 13.3 Å². The SMILES string of the molecule is C=CCC(C)Nc1cnn(CC=C)c(=O)c1Br. The van der Waals surface area contributed by atoms with Crippen LogP contribution < -0.4 is 10.9 Å². The smallest absolute Gasteiger partial charge is 0.283 e. The zero-order valence-electron chi connectivity index (χ0n) is 9.82. The lowest BCUT2D eigenvalue weighted by molar-refractivity contribution is 0.647. The van der Waals surface area contributed by atoms with E-state index in [1.807, 2.05) is 13.0 Å². The van der Waals surface area contributed by atoms with Gasteiger partial charge in [0, 0.05) is 6.04 Å². The Morgan fingerprint density at radius 2 is 2.29 bits per heavy atom. The number of allylic oxidation sites excluding steroid dienone is 1. The summed E-state index contributed by atoms with van der Waals surface area (Å²) < 4.78 is 1.84. The molecule has 0 bridgehead atoms. The first-order valence-corrected chi connectivity index (χ1v) is 6.13. The topological polar surface area (TPSA) is 46.9 Å². The van der Waals surface area contributed by atoms with E-state index in [2.05, 4.69) is 39.5 Å². The van der Waals surface area contributed by atoms with Gasteiger partial charge in [0.1, 0.15) is 4.47 Å². The van der Waals surface area contributed by atoms with Crippen molar-refractivity contribution < 1.29 is 0 Å². The highest BCUT2D eigenvalue weighted by Gasteiger charge is 2.09. The summed E-state index contributed by atoms with van der Waals surface area (Å²) in [5.41, 5.74) is 0.533. The Morgan fingerprint density at radius 1 is 1.59 bits per heavy atom. The average molecular weight is 298 g/mol. The molecule has 0 amide bonds. The van der Waals surface area contributed by atoms with Gasteiger partial charge in [-0.3, -0.25) is 4.79 Å². The minimum atomic E-state index is -0.166. The molecule has 0 aliphatic heterocycles. The molecular formula is C12H16BrN3O. The maximum atomic E-state index is 11.9. The summed E-state index contributed by atoms with van der Waals surface area (Å²) in [6, 6.07) is 0.209. The number of halogens is 1. The second-order valence-electron chi connectivity index (χ2n) is 3.72. The Kier molecular flexibility index (Phi) is 5.15. The predicted molar refractivity (Wildman–Crippen MR) is 74.3 cm³/mol. The third kappa shape index (κ3) is 3.56. The van der Waals surface area contributed by atoms with Gasteiger partial charge in [0.25, 0.3) is 5.56 Å². The van der Waals surface area contributed by atoms with Crippen LogP contribution in [0.3, 0.4) is 0 Å². The summed E-state index contributed by atoms with van der Waals surface area (Å²) in [5.74, 6) is 0. The van der Waals surface area contributed by atoms with Crippen LogP contribution in [-0.2, 0) is 6.54 Å². The third-order valence-electron chi connectivity index (χ3n) is 2.21. The van der Waals surface area contributed by atoms with E-state index in [1.165, 1.54) is 4.68 Å². The molecule has 4 nitrogen and oxygen atoms in total. The zero-order chi connectivity index (χ0) is 12.8. The van der Waals surface area contributed by atoms with Crippen LogP contribution in [-0.4, -0.2) is 15.8 Å². The van der Waals surface area contributed by atoms with Crippen LogP contribution in [0.25, 0.3) is 0 Å². The molecule has 1 heterocycles. The van der Waals surface area contributed by atoms with Crippen molar-refractivity contribution in [2.75, 3.05) is 5.32 Å². The van der Waals surface area contributed by atoms with Gasteiger partial charge in [-0.2, -0.15) is 5.10 Å². The van der Waals surface area contributed by atoms with Gasteiger partial charge in [-0.05, 0) is 29.3 Å². The second-order valence-corrected chi connectivity index (χ2v) is 4.51. The fraction of sp³-hybridized carbons (Fsp3) is 0.333. The lowest BCUT2D eigenvalue weighted by Crippen LogP contribution is -2.25. The molecule has 17 heavy (non-hydrogen) atoms. The molecule has 5 heteroatoms. The minimum Gasteiger partial charge on any atom is -0.380 e. The van der Waals surface area contributed by atoms with E-state index in [0.29, 0.717) is 16.7 Å². The first-order valence-electron chi connectivity index (χ1n) is 5.34. The summed E-state index contributed by atoms with van der Waals surface area (Å²) >= 11 is 3.28. The molecule has 1 unspecified atom stereocenters. The van der Waals surface area contributed by atoms with Crippen LogP contribution in [0.2, 0.25) is 0 Å². The number of nitrogens with one attached hydrogen (secondary N) is 1. The van der Waals surface area contributed by atoms with Crippen molar-refractivity contribution >= 4 is 21.6 Å². The lowest BCUT2D eigenvalue weighted by Gasteiger charge is -2.14. The Morgan fingerprint density at radius 3 is 2.88 bits per heavy atom. The number of anilines is 1. The molecule has 0 aromatic carbocycles. The minimum absolute atomic E-state index is 0.166. The third-order valence-corrected chi connectivity index (χ3v) is 2.98. The molecule has 0 aliphatic carbocycles. The van der Waals surface area contributed by atoms with Gasteiger partial charge < -0.3 is 5.32 Å². The van der Waals surface area contributed by atoms with Crippen molar-refractivity contribution in [2.45, 2.75) is 25.9 Å². The van der Waals surface area contributed by atoms with Gasteiger partial charge in [-0.15, -0.1) is 13.2 Å². The van der Waals surface area contributed by atoms with Crippen LogP contribution in [0.4, 0.5) is 5.69 Å². The highest BCUT2D eigenvalue weighted by molar-refractivity contribution is 9.10. The van der Waals surface area contributed by atoms with Crippen molar-refractivity contribution in [3.63, 3.8) is 0 Å². The fourth-order valence-corrected chi connectivity index (χ4v) is 1.81. The van der Waals surface area contributed by atoms with Crippen molar-refractivity contribution in [3.05, 3.63) is 46.3 Å². The molecule has 1 aromatic heterocycles. The van der Waals surface area contributed by atoms with E-state index in [-0.39, 0.29) is 11.6 Å². The Bertz CT molecular complexity index is 467. The van der Waals surface area contributed by atoms with Crippen molar-refractivity contribution in [1.82, 2.24) is 9.78 Å². The normalized spacial score (nSPS) is 11.9. The number of nitrogens with zero attached hydrogens (tertiary/aromatic N) is 2. The average Bonchev–Trinajstić information content (AvgIpc) is 2.29. The molecule has 1 aromatic rings. The summed E-state index contributed by atoms with van der Waals surface area (Å²) in [6.07, 6.45) is 5.92. The van der Waals surface area contributed by atoms with Gasteiger partial charge in [-0.25, -0.2) is 4.68 Å². The molecule has 0 aliphatic rings. The molecule has 0 saturated carbocycles. The van der Waals surface area contributed by atoms with E-state index >= 15 is 0 Å². The van der Waals surface area contributed by atoms with Crippen molar-refractivity contribution in [2.24, 2.45) is 0 Å². The van der Waals surface area contributed by atoms with E-state index in [9.17, 15) is 4.79 Å². The highest BCUT2D eigenvalue weighted by Crippen LogP contribution is 2.17. The quantitative estimate of drug-likeness (QED) is 0.821. The number of hydrogen-bond acceptors (Lipinski definition) is 3. The Hall–Kier alpha value is -1.36. The van der Waals surface area contributed by atoms with E-state index in [1.54, 1.807) is 12.3 Å². The maximum absolute atomic E-state index is 11.9. The van der Waals surface area contributed by atoms with Crippen molar-refractivity contribution in [3.8, 4) is 0 Å². The molecule has 0 spiro atoms. The Labute approximate surface area is 109 Å². The summed E-state index contributed by atoms with van der Waals surface area (Å²) in [6.45, 7) is 9.68. The summed E-state index contributed by atoms with van der Waals surface area (Å²) in [4.78, 5) is 11.9. The molecule has 0 radical (unpaired) electrons. The second kappa shape index (κ2) is 6.39. The van der Waals surface area contributed by atoms with E-state index in [4.69, 9.17) is 0 Å². The number of rotatable bonds is 6. The van der Waals surface area contributed by atoms with Gasteiger partial charge in [0.2, 0.25) is 0 Å². The molecular weight excluding hydrogens is 282 g/mol. The molecule has 92 valence electrons. The van der Waals surface area contributed by atoms with E-state index < -0.39 is 0 Å². The van der Waals surface area contributed by atoms with Crippen LogP contribution in [0.15, 0.2) is 40.8 Å². The van der Waals surface area contributed by atoms with Crippen LogP contribution >= 0.6 is 15.9 Å². The first kappa shape index (κ1) is 13.7. The summed E-state index contributed by atoms with van der Waals surface area (Å²) in [7, 11) is 0. The molecule has 1 N–H and O–H groups in total. The van der Waals surface area contributed by atoms with Crippen LogP contribution in [0.5, 0.6) is 0 Å². The summed E-state index contributed by atoms with van der Waals surface area (Å²) in [5, 5.41) is 7.26. The highest BCUT2D eigenvalue weighted by atomic mass is 79.9. The van der Waals surface area contributed by atoms with Gasteiger partial charge in [0.15, 0.2) is 0 Å². The molecule has 1 rings (SSSR count). The maximum Gasteiger partial charge on any atom is 0.283 e. The van der Waals surface area contributed by atoms with E-state index in [0.717, 1.165) is 6.42 Å². The monoisotopic (exact) mass is 297 g/mol. The standard InChI is InChI=1S/C12H16BrN3O/c1-4-6-9(3)15-10-8-14-16(7-5-2)12(17)11(10)13/h4-5,8-9,15H,1-2,6-7H2,3H3. The van der Waals surface area contributed by atoms with Gasteiger partial charge in [0.05, 0.1) is 18.4 Å². The first-order chi connectivity index (χ1) is 8.10. The molecule has 1 atom stereocenters.